The zero-order valence-electron chi connectivity index (χ0n) is 23.5. The number of aliphatic carboxylic acids is 2. The third kappa shape index (κ3) is 26.1. The molecule has 3 aromatic rings. The SMILES string of the molecule is CC(=O)[O-].CC(=O)[O-].Cc1[c]c(C)cc(C)c1.Cc1[c]c(C)cc(C)c1.Cc1[c]c(C)cc(C)c1.[Bi+2]. The number of carboxylic acids is 2. The van der Waals surface area contributed by atoms with E-state index in [9.17, 15) is 0 Å². The van der Waals surface area contributed by atoms with E-state index >= 15 is 0 Å². The summed E-state index contributed by atoms with van der Waals surface area (Å²) in [4.78, 5) is 17.8. The van der Waals surface area contributed by atoms with Crippen molar-refractivity contribution in [2.45, 2.75) is 76.2 Å². The third-order valence-electron chi connectivity index (χ3n) is 3.85. The van der Waals surface area contributed by atoms with E-state index in [1.165, 1.54) is 50.1 Å². The van der Waals surface area contributed by atoms with E-state index in [4.69, 9.17) is 19.8 Å². The molecule has 0 aliphatic heterocycles. The van der Waals surface area contributed by atoms with E-state index in [1.54, 1.807) is 0 Å². The van der Waals surface area contributed by atoms with Crippen molar-refractivity contribution in [1.29, 1.82) is 0 Å². The van der Waals surface area contributed by atoms with Crippen LogP contribution >= 0.6 is 0 Å². The van der Waals surface area contributed by atoms with E-state index in [-0.39, 0.29) is 26.2 Å². The maximum atomic E-state index is 8.89. The van der Waals surface area contributed by atoms with E-state index < -0.39 is 11.9 Å². The van der Waals surface area contributed by atoms with Crippen LogP contribution in [-0.2, 0) is 9.59 Å². The van der Waals surface area contributed by atoms with Crippen LogP contribution < -0.4 is 10.2 Å². The Morgan fingerprint density at radius 2 is 0.583 bits per heavy atom. The number of aryl methyl sites for hydroxylation is 9. The number of carbonyl (C=O) groups excluding carboxylic acids is 2. The minimum atomic E-state index is -1.08. The van der Waals surface area contributed by atoms with Crippen molar-refractivity contribution in [2.24, 2.45) is 0 Å². The van der Waals surface area contributed by atoms with Crippen LogP contribution in [0.15, 0.2) is 36.4 Å². The molecule has 36 heavy (non-hydrogen) atoms. The average molecular weight is 685 g/mol. The van der Waals surface area contributed by atoms with Crippen LogP contribution in [0.4, 0.5) is 0 Å². The Bertz CT molecular complexity index is 783. The van der Waals surface area contributed by atoms with E-state index in [1.807, 2.05) is 0 Å². The van der Waals surface area contributed by atoms with E-state index in [2.05, 4.69) is 117 Å². The van der Waals surface area contributed by atoms with Crippen molar-refractivity contribution >= 4 is 38.1 Å². The van der Waals surface area contributed by atoms with Crippen molar-refractivity contribution in [1.82, 2.24) is 0 Å². The fourth-order valence-electron chi connectivity index (χ4n) is 3.32. The molecule has 0 saturated carbocycles. The standard InChI is InChI=1S/3C9H11.2C2H4O2.Bi/c3*1-7-4-8(2)6-9(3)5-7;2*1-2(3)4;/h3*4-5H,1-3H3;2*1H3,(H,3,4);/q;;;;;+2/p-2. The van der Waals surface area contributed by atoms with Gasteiger partial charge in [-0.15, -0.1) is 0 Å². The molecule has 192 valence electrons. The first-order chi connectivity index (χ1) is 16.0. The van der Waals surface area contributed by atoms with Crippen LogP contribution in [0.2, 0.25) is 0 Å². The molecular weight excluding hydrogens is 645 g/mol. The zero-order chi connectivity index (χ0) is 27.7. The quantitative estimate of drug-likeness (QED) is 0.330. The molecule has 0 fully saturated rings. The third-order valence-corrected chi connectivity index (χ3v) is 3.85. The minimum Gasteiger partial charge on any atom is -0.550 e. The first kappa shape index (κ1) is 38.0. The molecule has 3 aromatic carbocycles. The van der Waals surface area contributed by atoms with Gasteiger partial charge in [-0.05, 0) is 128 Å². The maximum Gasteiger partial charge on any atom is 2.00 e. The number of benzene rings is 3. The Kier molecular flexibility index (Phi) is 21.8. The summed E-state index contributed by atoms with van der Waals surface area (Å²) in [5.74, 6) is -2.17. The largest absolute Gasteiger partial charge is 2.00 e. The molecule has 0 amide bonds. The topological polar surface area (TPSA) is 80.3 Å². The predicted octanol–water partition coefficient (Wildman–Crippen LogP) is 4.37. The van der Waals surface area contributed by atoms with Crippen LogP contribution in [0.25, 0.3) is 0 Å². The molecule has 4 nitrogen and oxygen atoms in total. The second kappa shape index (κ2) is 20.7. The molecule has 0 bridgehead atoms. The molecule has 0 atom stereocenters. The predicted molar refractivity (Wildman–Crippen MR) is 146 cm³/mol. The Morgan fingerprint density at radius 1 is 0.472 bits per heavy atom. The molecule has 5 heteroatoms. The Labute approximate surface area is 237 Å². The van der Waals surface area contributed by atoms with Gasteiger partial charge < -0.3 is 19.8 Å². The summed E-state index contributed by atoms with van der Waals surface area (Å²) in [6, 6.07) is 22.4. The molecule has 3 rings (SSSR count). The monoisotopic (exact) mass is 684 g/mol. The van der Waals surface area contributed by atoms with Gasteiger partial charge in [-0.3, -0.25) is 0 Å². The van der Waals surface area contributed by atoms with Crippen LogP contribution in [0.3, 0.4) is 0 Å². The number of hydrogen-bond acceptors (Lipinski definition) is 4. The molecule has 0 heterocycles. The fourth-order valence-corrected chi connectivity index (χ4v) is 3.32. The van der Waals surface area contributed by atoms with Crippen LogP contribution in [-0.4, -0.2) is 38.1 Å². The molecule has 0 unspecified atom stereocenters. The van der Waals surface area contributed by atoms with E-state index in [0.29, 0.717) is 0 Å². The fraction of sp³-hybridized carbons (Fsp3) is 0.355. The number of carbonyl (C=O) groups is 2. The Hall–Kier alpha value is -2.52. The summed E-state index contributed by atoms with van der Waals surface area (Å²) >= 11 is 0. The Morgan fingerprint density at radius 3 is 0.667 bits per heavy atom. The molecular formula is C31H39BiO4. The van der Waals surface area contributed by atoms with Crippen LogP contribution in [0.5, 0.6) is 0 Å². The van der Waals surface area contributed by atoms with Gasteiger partial charge in [0.1, 0.15) is 0 Å². The molecule has 0 saturated heterocycles. The summed E-state index contributed by atoms with van der Waals surface area (Å²) in [6.07, 6.45) is 0. The number of hydrogen-bond donors (Lipinski definition) is 0. The molecule has 0 aliphatic rings. The maximum absolute atomic E-state index is 8.89. The van der Waals surface area contributed by atoms with Gasteiger partial charge in [0.2, 0.25) is 0 Å². The van der Waals surface area contributed by atoms with Crippen LogP contribution in [0, 0.1) is 80.5 Å². The summed E-state index contributed by atoms with van der Waals surface area (Å²) in [7, 11) is 0. The summed E-state index contributed by atoms with van der Waals surface area (Å²) in [5, 5.41) is 17.8. The van der Waals surface area contributed by atoms with Crippen molar-refractivity contribution < 1.29 is 19.8 Å². The number of carboxylic acid groups (broad SMARTS) is 2. The van der Waals surface area contributed by atoms with Crippen LogP contribution in [0.1, 0.15) is 63.9 Å². The molecule has 0 N–H and O–H groups in total. The van der Waals surface area contributed by atoms with Gasteiger partial charge in [-0.1, -0.05) is 53.1 Å². The van der Waals surface area contributed by atoms with Gasteiger partial charge in [0.05, 0.1) is 0 Å². The molecule has 6 radical (unpaired) electrons. The minimum absolute atomic E-state index is 0. The van der Waals surface area contributed by atoms with Crippen molar-refractivity contribution in [3.63, 3.8) is 0 Å². The van der Waals surface area contributed by atoms with Gasteiger partial charge in [0, 0.05) is 11.9 Å². The van der Waals surface area contributed by atoms with Gasteiger partial charge in [-0.25, -0.2) is 0 Å². The van der Waals surface area contributed by atoms with Gasteiger partial charge in [0.25, 0.3) is 0 Å². The molecule has 0 aliphatic carbocycles. The van der Waals surface area contributed by atoms with Gasteiger partial charge in [0.15, 0.2) is 0 Å². The van der Waals surface area contributed by atoms with Crippen molar-refractivity contribution in [3.05, 3.63) is 105 Å². The second-order valence-electron chi connectivity index (χ2n) is 8.55. The number of rotatable bonds is 0. The smallest absolute Gasteiger partial charge is 0.550 e. The Balaban J connectivity index is -0.000000392. The molecule has 0 aromatic heterocycles. The zero-order valence-corrected chi connectivity index (χ0v) is 27.0. The van der Waals surface area contributed by atoms with Gasteiger partial charge in [-0.2, -0.15) is 0 Å². The summed E-state index contributed by atoms with van der Waals surface area (Å²) in [5.41, 5.74) is 11.3. The first-order valence-corrected chi connectivity index (χ1v) is 11.3. The second-order valence-corrected chi connectivity index (χ2v) is 8.55. The average Bonchev–Trinajstić information content (AvgIpc) is 2.57. The molecule has 0 spiro atoms. The van der Waals surface area contributed by atoms with Gasteiger partial charge >= 0.3 is 26.2 Å². The first-order valence-electron chi connectivity index (χ1n) is 11.3. The van der Waals surface area contributed by atoms with Crippen molar-refractivity contribution in [2.75, 3.05) is 0 Å². The summed E-state index contributed by atoms with van der Waals surface area (Å²) in [6.45, 7) is 20.7. The normalized spacial score (nSPS) is 8.64. The van der Waals surface area contributed by atoms with E-state index in [0.717, 1.165) is 13.8 Å². The summed E-state index contributed by atoms with van der Waals surface area (Å²) < 4.78 is 0. The van der Waals surface area contributed by atoms with Crippen molar-refractivity contribution in [3.8, 4) is 0 Å².